The first-order valence-corrected chi connectivity index (χ1v) is 9.47. The summed E-state index contributed by atoms with van der Waals surface area (Å²) in [5.74, 6) is 0.794. The van der Waals surface area contributed by atoms with Crippen molar-refractivity contribution in [3.05, 3.63) is 71.0 Å². The minimum Gasteiger partial charge on any atom is -0.443 e. The molecule has 0 saturated carbocycles. The van der Waals surface area contributed by atoms with Gasteiger partial charge in [-0.3, -0.25) is 9.36 Å². The van der Waals surface area contributed by atoms with Crippen LogP contribution in [-0.4, -0.2) is 16.2 Å². The van der Waals surface area contributed by atoms with Crippen LogP contribution in [-0.2, 0) is 0 Å². The van der Waals surface area contributed by atoms with Crippen molar-refractivity contribution in [3.8, 4) is 12.0 Å². The van der Waals surface area contributed by atoms with Gasteiger partial charge in [0.2, 0.25) is 5.88 Å². The summed E-state index contributed by atoms with van der Waals surface area (Å²) in [5, 5.41) is 12.6. The minimum atomic E-state index is -0.390. The lowest BCUT2D eigenvalue weighted by Crippen LogP contribution is -2.31. The van der Waals surface area contributed by atoms with Gasteiger partial charge >= 0.3 is 0 Å². The van der Waals surface area contributed by atoms with E-state index in [1.807, 2.05) is 12.1 Å². The van der Waals surface area contributed by atoms with Gasteiger partial charge in [-0.2, -0.15) is 5.26 Å². The molecule has 1 aliphatic rings. The number of carbonyl (C=O) groups is 1. The molecule has 0 spiro atoms. The molecule has 0 radical (unpaired) electrons. The molecular weight excluding hydrogens is 365 g/mol. The van der Waals surface area contributed by atoms with Crippen LogP contribution >= 0.6 is 11.8 Å². The number of benzene rings is 1. The molecule has 3 heterocycles. The van der Waals surface area contributed by atoms with Crippen LogP contribution in [0.3, 0.4) is 0 Å². The number of nitrogens with one attached hydrogen (secondary N) is 1. The van der Waals surface area contributed by atoms with E-state index in [9.17, 15) is 14.4 Å². The normalized spacial score (nSPS) is 15.8. The number of halogens is 1. The Morgan fingerprint density at radius 1 is 1.41 bits per heavy atom. The average molecular weight is 381 g/mol. The highest BCUT2D eigenvalue weighted by Gasteiger charge is 2.28. The molecule has 7 heteroatoms. The third-order valence-electron chi connectivity index (χ3n) is 4.56. The second-order valence-electron chi connectivity index (χ2n) is 6.26. The number of hydrogen-bond donors (Lipinski definition) is 1. The summed E-state index contributed by atoms with van der Waals surface area (Å²) in [4.78, 5) is 13.9. The van der Waals surface area contributed by atoms with E-state index < -0.39 is 5.91 Å². The number of nitrogens with zero attached hydrogens (tertiary/aromatic N) is 2. The first-order chi connectivity index (χ1) is 13.1. The van der Waals surface area contributed by atoms with Gasteiger partial charge in [-0.1, -0.05) is 0 Å². The molecule has 0 saturated heterocycles. The number of furan rings is 1. The van der Waals surface area contributed by atoms with E-state index >= 15 is 0 Å². The molecule has 0 bridgehead atoms. The number of hydrogen-bond acceptors (Lipinski definition) is 4. The standard InChI is InChI=1S/C20H16FN3O2S/c1-12-18(15(11-22)20(26-12)24-7-2-3-8-24)19(25)23-16-6-9-27-17-5-4-13(21)10-14(16)17/h2-5,7-8,10,16H,6,9H2,1H3,(H,23,25). The van der Waals surface area contributed by atoms with E-state index in [-0.39, 0.29) is 23.0 Å². The molecule has 0 fully saturated rings. The number of fused-ring (bicyclic) bond motifs is 1. The molecule has 1 atom stereocenters. The molecule has 5 nitrogen and oxygen atoms in total. The van der Waals surface area contributed by atoms with Gasteiger partial charge in [0.1, 0.15) is 28.8 Å². The van der Waals surface area contributed by atoms with Crippen molar-refractivity contribution in [2.75, 3.05) is 5.75 Å². The zero-order chi connectivity index (χ0) is 19.0. The van der Waals surface area contributed by atoms with E-state index in [0.717, 1.165) is 16.2 Å². The molecule has 2 aromatic heterocycles. The average Bonchev–Trinajstić information content (AvgIpc) is 3.29. The van der Waals surface area contributed by atoms with Crippen LogP contribution in [0, 0.1) is 24.1 Å². The molecular formula is C20H16FN3O2S. The molecule has 1 amide bonds. The summed E-state index contributed by atoms with van der Waals surface area (Å²) in [6.45, 7) is 1.66. The Morgan fingerprint density at radius 2 is 2.19 bits per heavy atom. The number of nitriles is 1. The van der Waals surface area contributed by atoms with Gasteiger partial charge in [-0.15, -0.1) is 11.8 Å². The number of rotatable bonds is 3. The molecule has 4 rings (SSSR count). The Morgan fingerprint density at radius 3 is 2.93 bits per heavy atom. The van der Waals surface area contributed by atoms with E-state index in [1.54, 1.807) is 41.7 Å². The van der Waals surface area contributed by atoms with Gasteiger partial charge in [-0.05, 0) is 49.2 Å². The lowest BCUT2D eigenvalue weighted by molar-refractivity contribution is 0.0933. The maximum atomic E-state index is 13.7. The summed E-state index contributed by atoms with van der Waals surface area (Å²) >= 11 is 1.65. The van der Waals surface area contributed by atoms with Crippen LogP contribution in [0.1, 0.15) is 39.7 Å². The van der Waals surface area contributed by atoms with Crippen molar-refractivity contribution in [1.29, 1.82) is 5.26 Å². The SMILES string of the molecule is Cc1oc(-n2cccc2)c(C#N)c1C(=O)NC1CCSc2ccc(F)cc21. The lowest BCUT2D eigenvalue weighted by Gasteiger charge is -2.26. The second kappa shape index (κ2) is 6.97. The molecule has 3 aromatic rings. The summed E-state index contributed by atoms with van der Waals surface area (Å²) in [6.07, 6.45) is 4.19. The number of amides is 1. The fraction of sp³-hybridized carbons (Fsp3) is 0.200. The van der Waals surface area contributed by atoms with Gasteiger partial charge in [0.15, 0.2) is 0 Å². The Hall–Kier alpha value is -2.98. The van der Waals surface area contributed by atoms with Crippen LogP contribution in [0.15, 0.2) is 52.0 Å². The van der Waals surface area contributed by atoms with Crippen LogP contribution in [0.5, 0.6) is 0 Å². The largest absolute Gasteiger partial charge is 0.443 e. The predicted molar refractivity (Wildman–Crippen MR) is 99.4 cm³/mol. The number of aryl methyl sites for hydroxylation is 1. The highest BCUT2D eigenvalue weighted by Crippen LogP contribution is 2.37. The van der Waals surface area contributed by atoms with Gasteiger partial charge in [0, 0.05) is 23.0 Å². The Labute approximate surface area is 159 Å². The van der Waals surface area contributed by atoms with Crippen molar-refractivity contribution >= 4 is 17.7 Å². The number of carbonyl (C=O) groups excluding carboxylic acids is 1. The number of aromatic nitrogens is 1. The van der Waals surface area contributed by atoms with Crippen LogP contribution < -0.4 is 5.32 Å². The molecule has 27 heavy (non-hydrogen) atoms. The monoisotopic (exact) mass is 381 g/mol. The zero-order valence-electron chi connectivity index (χ0n) is 14.5. The molecule has 1 aromatic carbocycles. The number of thioether (sulfide) groups is 1. The summed E-state index contributed by atoms with van der Waals surface area (Å²) in [6, 6.07) is 10.0. The second-order valence-corrected chi connectivity index (χ2v) is 7.40. The third kappa shape index (κ3) is 3.13. The van der Waals surface area contributed by atoms with Crippen molar-refractivity contribution in [1.82, 2.24) is 9.88 Å². The maximum absolute atomic E-state index is 13.7. The van der Waals surface area contributed by atoms with Crippen molar-refractivity contribution in [2.45, 2.75) is 24.3 Å². The van der Waals surface area contributed by atoms with Crippen LogP contribution in [0.2, 0.25) is 0 Å². The predicted octanol–water partition coefficient (Wildman–Crippen LogP) is 4.36. The third-order valence-corrected chi connectivity index (χ3v) is 5.68. The molecule has 1 aliphatic heterocycles. The molecule has 1 N–H and O–H groups in total. The lowest BCUT2D eigenvalue weighted by atomic mass is 10.0. The highest BCUT2D eigenvalue weighted by molar-refractivity contribution is 7.99. The van der Waals surface area contributed by atoms with Crippen LogP contribution in [0.4, 0.5) is 4.39 Å². The molecule has 136 valence electrons. The first-order valence-electron chi connectivity index (χ1n) is 8.48. The summed E-state index contributed by atoms with van der Waals surface area (Å²) in [7, 11) is 0. The quantitative estimate of drug-likeness (QED) is 0.732. The van der Waals surface area contributed by atoms with E-state index in [4.69, 9.17) is 4.42 Å². The fourth-order valence-corrected chi connectivity index (χ4v) is 4.41. The maximum Gasteiger partial charge on any atom is 0.256 e. The summed E-state index contributed by atoms with van der Waals surface area (Å²) in [5.41, 5.74) is 1.17. The smallest absolute Gasteiger partial charge is 0.256 e. The van der Waals surface area contributed by atoms with Crippen molar-refractivity contribution in [3.63, 3.8) is 0 Å². The van der Waals surface area contributed by atoms with E-state index in [0.29, 0.717) is 18.1 Å². The van der Waals surface area contributed by atoms with E-state index in [2.05, 4.69) is 11.4 Å². The molecule has 0 aliphatic carbocycles. The van der Waals surface area contributed by atoms with Gasteiger partial charge < -0.3 is 9.73 Å². The van der Waals surface area contributed by atoms with Crippen LogP contribution in [0.25, 0.3) is 5.88 Å². The van der Waals surface area contributed by atoms with Gasteiger partial charge in [-0.25, -0.2) is 4.39 Å². The fourth-order valence-electron chi connectivity index (χ4n) is 3.30. The Kier molecular flexibility index (Phi) is 4.50. The van der Waals surface area contributed by atoms with Crippen molar-refractivity contribution in [2.24, 2.45) is 0 Å². The minimum absolute atomic E-state index is 0.186. The van der Waals surface area contributed by atoms with Crippen molar-refractivity contribution < 1.29 is 13.6 Å². The van der Waals surface area contributed by atoms with E-state index in [1.165, 1.54) is 12.1 Å². The topological polar surface area (TPSA) is 71.0 Å². The zero-order valence-corrected chi connectivity index (χ0v) is 15.3. The van der Waals surface area contributed by atoms with Gasteiger partial charge in [0.05, 0.1) is 6.04 Å². The highest BCUT2D eigenvalue weighted by atomic mass is 32.2. The molecule has 1 unspecified atom stereocenters. The Balaban J connectivity index is 1.68. The first kappa shape index (κ1) is 17.4. The Bertz CT molecular complexity index is 1050. The van der Waals surface area contributed by atoms with Gasteiger partial charge in [0.25, 0.3) is 5.91 Å². The summed E-state index contributed by atoms with van der Waals surface area (Å²) < 4.78 is 21.0.